The Morgan fingerprint density at radius 3 is 2.43 bits per heavy atom. The van der Waals surface area contributed by atoms with Gasteiger partial charge in [-0.25, -0.2) is 4.39 Å². The fourth-order valence-corrected chi connectivity index (χ4v) is 3.15. The van der Waals surface area contributed by atoms with Crippen LogP contribution < -0.4 is 5.32 Å². The molecule has 2 aromatic carbocycles. The summed E-state index contributed by atoms with van der Waals surface area (Å²) in [6.45, 7) is 0.731. The lowest BCUT2D eigenvalue weighted by Crippen LogP contribution is -2.05. The molecule has 0 bridgehead atoms. The maximum Gasteiger partial charge on any atom is 0.125 e. The highest BCUT2D eigenvalue weighted by molar-refractivity contribution is 5.43. The number of nitrogens with one attached hydrogen (secondary N) is 1. The molecule has 1 aliphatic carbocycles. The van der Waals surface area contributed by atoms with Crippen molar-refractivity contribution in [2.45, 2.75) is 44.6 Å². The van der Waals surface area contributed by atoms with Crippen LogP contribution in [-0.4, -0.2) is 0 Å². The predicted molar refractivity (Wildman–Crippen MR) is 86.0 cm³/mol. The lowest BCUT2D eigenvalue weighted by Gasteiger charge is -2.22. The number of rotatable bonds is 4. The van der Waals surface area contributed by atoms with Gasteiger partial charge in [0.15, 0.2) is 0 Å². The summed E-state index contributed by atoms with van der Waals surface area (Å²) in [5, 5.41) is 3.26. The lowest BCUT2D eigenvalue weighted by atomic mass is 9.84. The van der Waals surface area contributed by atoms with Gasteiger partial charge in [0.1, 0.15) is 5.82 Å². The number of anilines is 1. The number of benzene rings is 2. The highest BCUT2D eigenvalue weighted by atomic mass is 19.1. The second-order valence-corrected chi connectivity index (χ2v) is 5.94. The molecule has 3 rings (SSSR count). The molecule has 1 fully saturated rings. The molecule has 1 N–H and O–H groups in total. The van der Waals surface area contributed by atoms with Gasteiger partial charge in [-0.15, -0.1) is 0 Å². The Kier molecular flexibility index (Phi) is 4.54. The van der Waals surface area contributed by atoms with E-state index in [-0.39, 0.29) is 5.82 Å². The van der Waals surface area contributed by atoms with Gasteiger partial charge in [-0.3, -0.25) is 0 Å². The van der Waals surface area contributed by atoms with E-state index in [0.29, 0.717) is 0 Å². The molecular formula is C19H22FN. The van der Waals surface area contributed by atoms with Crippen LogP contribution in [0, 0.1) is 5.82 Å². The van der Waals surface area contributed by atoms with Crippen LogP contribution in [0.15, 0.2) is 48.5 Å². The van der Waals surface area contributed by atoms with Crippen molar-refractivity contribution in [1.82, 2.24) is 0 Å². The molecule has 2 aromatic rings. The van der Waals surface area contributed by atoms with Crippen molar-refractivity contribution in [3.8, 4) is 0 Å². The summed E-state index contributed by atoms with van der Waals surface area (Å²) in [5.41, 5.74) is 3.54. The lowest BCUT2D eigenvalue weighted by molar-refractivity contribution is 0.443. The van der Waals surface area contributed by atoms with Gasteiger partial charge in [-0.2, -0.15) is 0 Å². The summed E-state index contributed by atoms with van der Waals surface area (Å²) in [5.74, 6) is 0.552. The zero-order valence-corrected chi connectivity index (χ0v) is 12.3. The van der Waals surface area contributed by atoms with Crippen LogP contribution in [0.5, 0.6) is 0 Å². The van der Waals surface area contributed by atoms with Crippen LogP contribution in [0.3, 0.4) is 0 Å². The van der Waals surface area contributed by atoms with E-state index in [2.05, 4.69) is 29.6 Å². The molecule has 110 valence electrons. The van der Waals surface area contributed by atoms with Crippen LogP contribution >= 0.6 is 0 Å². The van der Waals surface area contributed by atoms with Gasteiger partial charge in [-0.05, 0) is 48.1 Å². The van der Waals surface area contributed by atoms with Crippen molar-refractivity contribution in [2.24, 2.45) is 0 Å². The standard InChI is InChI=1S/C19H22FN/c20-18-7-4-8-19(13-18)21-14-15-9-11-17(12-10-15)16-5-2-1-3-6-16/h4,7-13,16,21H,1-3,5-6,14H2. The monoisotopic (exact) mass is 283 g/mol. The van der Waals surface area contributed by atoms with Gasteiger partial charge in [0.2, 0.25) is 0 Å². The van der Waals surface area contributed by atoms with Crippen molar-refractivity contribution >= 4 is 5.69 Å². The zero-order chi connectivity index (χ0) is 14.5. The first kappa shape index (κ1) is 14.1. The highest BCUT2D eigenvalue weighted by Crippen LogP contribution is 2.32. The van der Waals surface area contributed by atoms with Crippen LogP contribution in [0.2, 0.25) is 0 Å². The molecule has 0 saturated heterocycles. The van der Waals surface area contributed by atoms with E-state index in [1.165, 1.54) is 55.4 Å². The van der Waals surface area contributed by atoms with E-state index in [4.69, 9.17) is 0 Å². The minimum atomic E-state index is -0.201. The maximum atomic E-state index is 13.1. The van der Waals surface area contributed by atoms with Crippen molar-refractivity contribution in [3.63, 3.8) is 0 Å². The summed E-state index contributed by atoms with van der Waals surface area (Å²) < 4.78 is 13.1. The molecule has 0 heterocycles. The molecule has 0 atom stereocenters. The average Bonchev–Trinajstić information content (AvgIpc) is 2.54. The predicted octanol–water partition coefficient (Wildman–Crippen LogP) is 5.49. The molecule has 1 nitrogen and oxygen atoms in total. The largest absolute Gasteiger partial charge is 0.381 e. The molecule has 0 aromatic heterocycles. The molecule has 1 aliphatic rings. The van der Waals surface area contributed by atoms with E-state index < -0.39 is 0 Å². The quantitative estimate of drug-likeness (QED) is 0.782. The third-order valence-electron chi connectivity index (χ3n) is 4.38. The molecule has 0 unspecified atom stereocenters. The van der Waals surface area contributed by atoms with E-state index in [0.717, 1.165) is 18.2 Å². The Morgan fingerprint density at radius 1 is 0.952 bits per heavy atom. The fraction of sp³-hybridized carbons (Fsp3) is 0.368. The maximum absolute atomic E-state index is 13.1. The second kappa shape index (κ2) is 6.75. The van der Waals surface area contributed by atoms with Crippen LogP contribution in [0.25, 0.3) is 0 Å². The molecular weight excluding hydrogens is 261 g/mol. The van der Waals surface area contributed by atoms with E-state index >= 15 is 0 Å². The van der Waals surface area contributed by atoms with Gasteiger partial charge < -0.3 is 5.32 Å². The SMILES string of the molecule is Fc1cccc(NCc2ccc(C3CCCCC3)cc2)c1. The van der Waals surface area contributed by atoms with Crippen LogP contribution in [-0.2, 0) is 6.54 Å². The Bertz CT molecular complexity index is 570. The Morgan fingerprint density at radius 2 is 1.71 bits per heavy atom. The number of halogens is 1. The fourth-order valence-electron chi connectivity index (χ4n) is 3.15. The van der Waals surface area contributed by atoms with Crippen LogP contribution in [0.1, 0.15) is 49.1 Å². The average molecular weight is 283 g/mol. The summed E-state index contributed by atoms with van der Waals surface area (Å²) >= 11 is 0. The topological polar surface area (TPSA) is 12.0 Å². The smallest absolute Gasteiger partial charge is 0.125 e. The first-order valence-electron chi connectivity index (χ1n) is 7.89. The van der Waals surface area contributed by atoms with Crippen molar-refractivity contribution in [3.05, 3.63) is 65.5 Å². The van der Waals surface area contributed by atoms with E-state index in [9.17, 15) is 4.39 Å². The summed E-state index contributed by atoms with van der Waals surface area (Å²) in [7, 11) is 0. The summed E-state index contributed by atoms with van der Waals surface area (Å²) in [6, 6.07) is 15.5. The molecule has 1 saturated carbocycles. The number of hydrogen-bond acceptors (Lipinski definition) is 1. The minimum Gasteiger partial charge on any atom is -0.381 e. The van der Waals surface area contributed by atoms with Gasteiger partial charge in [0.05, 0.1) is 0 Å². The Labute approximate surface area is 126 Å². The first-order chi connectivity index (χ1) is 10.3. The zero-order valence-electron chi connectivity index (χ0n) is 12.3. The van der Waals surface area contributed by atoms with Crippen molar-refractivity contribution in [2.75, 3.05) is 5.32 Å². The van der Waals surface area contributed by atoms with Gasteiger partial charge in [0, 0.05) is 12.2 Å². The first-order valence-corrected chi connectivity index (χ1v) is 7.89. The van der Waals surface area contributed by atoms with Gasteiger partial charge in [0.25, 0.3) is 0 Å². The van der Waals surface area contributed by atoms with E-state index in [1.807, 2.05) is 6.07 Å². The molecule has 2 heteroatoms. The summed E-state index contributed by atoms with van der Waals surface area (Å²) in [4.78, 5) is 0. The van der Waals surface area contributed by atoms with Gasteiger partial charge >= 0.3 is 0 Å². The Balaban J connectivity index is 1.59. The third kappa shape index (κ3) is 3.84. The molecule has 21 heavy (non-hydrogen) atoms. The Hall–Kier alpha value is -1.83. The summed E-state index contributed by atoms with van der Waals surface area (Å²) in [6.07, 6.45) is 6.80. The molecule has 0 spiro atoms. The molecule has 0 radical (unpaired) electrons. The molecule has 0 aliphatic heterocycles. The minimum absolute atomic E-state index is 0.201. The van der Waals surface area contributed by atoms with Crippen molar-refractivity contribution in [1.29, 1.82) is 0 Å². The van der Waals surface area contributed by atoms with Crippen LogP contribution in [0.4, 0.5) is 10.1 Å². The normalized spacial score (nSPS) is 15.9. The second-order valence-electron chi connectivity index (χ2n) is 5.94. The van der Waals surface area contributed by atoms with E-state index in [1.54, 1.807) is 6.07 Å². The number of hydrogen-bond donors (Lipinski definition) is 1. The highest BCUT2D eigenvalue weighted by Gasteiger charge is 2.14. The molecule has 0 amide bonds. The van der Waals surface area contributed by atoms with Crippen molar-refractivity contribution < 1.29 is 4.39 Å². The third-order valence-corrected chi connectivity index (χ3v) is 4.38. The van der Waals surface area contributed by atoms with Gasteiger partial charge in [-0.1, -0.05) is 49.6 Å².